The fourth-order valence-corrected chi connectivity index (χ4v) is 3.04. The standard InChI is InChI=1S/C18H29N3O2/c1-2-17(15-22)21-12-10-20(11-13-21)14-18(23)19-9-8-16-6-4-3-5-7-16/h3-7,17,22H,2,8-15H2,1H3,(H,19,23). The van der Waals surface area contributed by atoms with E-state index in [4.69, 9.17) is 0 Å². The molecule has 5 heteroatoms. The molecule has 1 heterocycles. The molecule has 5 nitrogen and oxygen atoms in total. The van der Waals surface area contributed by atoms with Crippen molar-refractivity contribution in [1.29, 1.82) is 0 Å². The molecular weight excluding hydrogens is 290 g/mol. The number of rotatable bonds is 8. The monoisotopic (exact) mass is 319 g/mol. The second-order valence-corrected chi connectivity index (χ2v) is 6.14. The molecule has 1 amide bonds. The smallest absolute Gasteiger partial charge is 0.234 e. The summed E-state index contributed by atoms with van der Waals surface area (Å²) in [6, 6.07) is 10.5. The van der Waals surface area contributed by atoms with Gasteiger partial charge >= 0.3 is 0 Å². The van der Waals surface area contributed by atoms with Crippen LogP contribution in [0.1, 0.15) is 18.9 Å². The average molecular weight is 319 g/mol. The quantitative estimate of drug-likeness (QED) is 0.742. The zero-order chi connectivity index (χ0) is 16.5. The molecule has 0 radical (unpaired) electrons. The first-order valence-electron chi connectivity index (χ1n) is 8.60. The maximum atomic E-state index is 12.0. The van der Waals surface area contributed by atoms with Gasteiger partial charge in [-0.15, -0.1) is 0 Å². The first-order chi connectivity index (χ1) is 11.2. The van der Waals surface area contributed by atoms with Crippen molar-refractivity contribution in [2.24, 2.45) is 0 Å². The molecule has 0 saturated carbocycles. The van der Waals surface area contributed by atoms with Crippen molar-refractivity contribution in [3.05, 3.63) is 35.9 Å². The van der Waals surface area contributed by atoms with Crippen LogP contribution in [-0.4, -0.2) is 72.7 Å². The highest BCUT2D eigenvalue weighted by molar-refractivity contribution is 5.78. The summed E-state index contributed by atoms with van der Waals surface area (Å²) in [7, 11) is 0. The van der Waals surface area contributed by atoms with Crippen molar-refractivity contribution in [1.82, 2.24) is 15.1 Å². The summed E-state index contributed by atoms with van der Waals surface area (Å²) in [6.07, 6.45) is 1.84. The first kappa shape index (κ1) is 17.9. The Morgan fingerprint density at radius 2 is 1.91 bits per heavy atom. The van der Waals surface area contributed by atoms with E-state index in [1.807, 2.05) is 18.2 Å². The minimum atomic E-state index is 0.101. The molecule has 1 aliphatic rings. The van der Waals surface area contributed by atoms with Gasteiger partial charge in [0.1, 0.15) is 0 Å². The predicted molar refractivity (Wildman–Crippen MR) is 92.3 cm³/mol. The summed E-state index contributed by atoms with van der Waals surface area (Å²) in [6.45, 7) is 7.12. The lowest BCUT2D eigenvalue weighted by Crippen LogP contribution is -2.53. The van der Waals surface area contributed by atoms with E-state index in [1.165, 1.54) is 5.56 Å². The number of carbonyl (C=O) groups excluding carboxylic acids is 1. The lowest BCUT2D eigenvalue weighted by atomic mass is 10.1. The van der Waals surface area contributed by atoms with E-state index in [2.05, 4.69) is 34.2 Å². The van der Waals surface area contributed by atoms with Crippen LogP contribution < -0.4 is 5.32 Å². The largest absolute Gasteiger partial charge is 0.395 e. The normalized spacial score (nSPS) is 17.8. The van der Waals surface area contributed by atoms with E-state index < -0.39 is 0 Å². The second-order valence-electron chi connectivity index (χ2n) is 6.14. The van der Waals surface area contributed by atoms with E-state index in [9.17, 15) is 9.90 Å². The van der Waals surface area contributed by atoms with Crippen molar-refractivity contribution < 1.29 is 9.90 Å². The molecule has 1 aromatic rings. The number of aliphatic hydroxyl groups is 1. The van der Waals surface area contributed by atoms with Crippen LogP contribution in [0.5, 0.6) is 0 Å². The SMILES string of the molecule is CCC(CO)N1CCN(CC(=O)NCCc2ccccc2)CC1. The molecule has 1 saturated heterocycles. The number of piperazine rings is 1. The lowest BCUT2D eigenvalue weighted by molar-refractivity contribution is -0.122. The molecule has 1 aliphatic heterocycles. The molecule has 0 aromatic heterocycles. The molecule has 1 unspecified atom stereocenters. The van der Waals surface area contributed by atoms with E-state index in [1.54, 1.807) is 0 Å². The number of amides is 1. The van der Waals surface area contributed by atoms with Gasteiger partial charge in [-0.05, 0) is 18.4 Å². The van der Waals surface area contributed by atoms with Gasteiger partial charge in [-0.3, -0.25) is 14.6 Å². The molecule has 23 heavy (non-hydrogen) atoms. The zero-order valence-electron chi connectivity index (χ0n) is 14.1. The van der Waals surface area contributed by atoms with Crippen molar-refractivity contribution in [2.75, 3.05) is 45.9 Å². The van der Waals surface area contributed by atoms with Crippen molar-refractivity contribution >= 4 is 5.91 Å². The van der Waals surface area contributed by atoms with Gasteiger partial charge in [0, 0.05) is 38.8 Å². The van der Waals surface area contributed by atoms with Gasteiger partial charge in [0.2, 0.25) is 5.91 Å². The topological polar surface area (TPSA) is 55.8 Å². The molecule has 0 bridgehead atoms. The number of benzene rings is 1. The lowest BCUT2D eigenvalue weighted by Gasteiger charge is -2.38. The summed E-state index contributed by atoms with van der Waals surface area (Å²) in [5.74, 6) is 0.101. The summed E-state index contributed by atoms with van der Waals surface area (Å²) >= 11 is 0. The minimum Gasteiger partial charge on any atom is -0.395 e. The summed E-state index contributed by atoms with van der Waals surface area (Å²) in [5, 5.41) is 12.4. The zero-order valence-corrected chi connectivity index (χ0v) is 14.1. The molecule has 128 valence electrons. The number of aliphatic hydroxyl groups excluding tert-OH is 1. The summed E-state index contributed by atoms with van der Waals surface area (Å²) in [4.78, 5) is 16.5. The molecule has 0 spiro atoms. The number of carbonyl (C=O) groups is 1. The van der Waals surface area contributed by atoms with Crippen LogP contribution in [0.4, 0.5) is 0 Å². The number of nitrogens with zero attached hydrogens (tertiary/aromatic N) is 2. The van der Waals surface area contributed by atoms with Crippen LogP contribution in [0.15, 0.2) is 30.3 Å². The first-order valence-corrected chi connectivity index (χ1v) is 8.60. The third-order valence-corrected chi connectivity index (χ3v) is 4.55. The summed E-state index contributed by atoms with van der Waals surface area (Å²) < 4.78 is 0. The van der Waals surface area contributed by atoms with E-state index in [-0.39, 0.29) is 18.6 Å². The van der Waals surface area contributed by atoms with Gasteiger partial charge in [-0.1, -0.05) is 37.3 Å². The Labute approximate surface area is 139 Å². The fourth-order valence-electron chi connectivity index (χ4n) is 3.04. The van der Waals surface area contributed by atoms with E-state index in [0.717, 1.165) is 39.0 Å². The van der Waals surface area contributed by atoms with E-state index >= 15 is 0 Å². The highest BCUT2D eigenvalue weighted by Gasteiger charge is 2.23. The molecule has 1 fully saturated rings. The Morgan fingerprint density at radius 3 is 2.52 bits per heavy atom. The van der Waals surface area contributed by atoms with Gasteiger partial charge < -0.3 is 10.4 Å². The Kier molecular flexibility index (Phi) is 7.52. The molecular formula is C18H29N3O2. The molecule has 2 N–H and O–H groups in total. The minimum absolute atomic E-state index is 0.101. The Balaban J connectivity index is 1.63. The maximum absolute atomic E-state index is 12.0. The molecule has 0 aliphatic carbocycles. The van der Waals surface area contributed by atoms with Crippen LogP contribution >= 0.6 is 0 Å². The molecule has 1 atom stereocenters. The van der Waals surface area contributed by atoms with Gasteiger partial charge in [0.25, 0.3) is 0 Å². The van der Waals surface area contributed by atoms with Crippen LogP contribution in [0.3, 0.4) is 0 Å². The Bertz CT molecular complexity index is 455. The fraction of sp³-hybridized carbons (Fsp3) is 0.611. The number of nitrogens with one attached hydrogen (secondary N) is 1. The van der Waals surface area contributed by atoms with Gasteiger partial charge in [-0.2, -0.15) is 0 Å². The van der Waals surface area contributed by atoms with Crippen LogP contribution in [0, 0.1) is 0 Å². The number of hydrogen-bond donors (Lipinski definition) is 2. The summed E-state index contributed by atoms with van der Waals surface area (Å²) in [5.41, 5.74) is 1.25. The Morgan fingerprint density at radius 1 is 1.22 bits per heavy atom. The van der Waals surface area contributed by atoms with Crippen molar-refractivity contribution in [2.45, 2.75) is 25.8 Å². The van der Waals surface area contributed by atoms with Gasteiger partial charge in [0.15, 0.2) is 0 Å². The van der Waals surface area contributed by atoms with Crippen molar-refractivity contribution in [3.63, 3.8) is 0 Å². The third-order valence-electron chi connectivity index (χ3n) is 4.55. The average Bonchev–Trinajstić information content (AvgIpc) is 2.58. The van der Waals surface area contributed by atoms with E-state index in [0.29, 0.717) is 13.1 Å². The van der Waals surface area contributed by atoms with Crippen LogP contribution in [0.2, 0.25) is 0 Å². The highest BCUT2D eigenvalue weighted by atomic mass is 16.3. The molecule has 2 rings (SSSR count). The maximum Gasteiger partial charge on any atom is 0.234 e. The second kappa shape index (κ2) is 9.65. The van der Waals surface area contributed by atoms with Crippen molar-refractivity contribution in [3.8, 4) is 0 Å². The van der Waals surface area contributed by atoms with Crippen LogP contribution in [-0.2, 0) is 11.2 Å². The number of hydrogen-bond acceptors (Lipinski definition) is 4. The molecule has 1 aromatic carbocycles. The van der Waals surface area contributed by atoms with Crippen LogP contribution in [0.25, 0.3) is 0 Å². The Hall–Kier alpha value is -1.43. The highest BCUT2D eigenvalue weighted by Crippen LogP contribution is 2.08. The third kappa shape index (κ3) is 5.94. The van der Waals surface area contributed by atoms with Gasteiger partial charge in [0.05, 0.1) is 13.2 Å². The van der Waals surface area contributed by atoms with Gasteiger partial charge in [-0.25, -0.2) is 0 Å². The predicted octanol–water partition coefficient (Wildman–Crippen LogP) is 0.734.